The van der Waals surface area contributed by atoms with Crippen LogP contribution in [0.5, 0.6) is 0 Å². The fourth-order valence-corrected chi connectivity index (χ4v) is 2.17. The fourth-order valence-electron chi connectivity index (χ4n) is 2.17. The highest BCUT2D eigenvalue weighted by molar-refractivity contribution is 4.81. The molecule has 104 valence electrons. The lowest BCUT2D eigenvalue weighted by molar-refractivity contribution is -0.0713. The molecule has 0 fully saturated rings. The van der Waals surface area contributed by atoms with Gasteiger partial charge in [0.05, 0.1) is 12.2 Å². The van der Waals surface area contributed by atoms with E-state index in [1.807, 2.05) is 0 Å². The predicted octanol–water partition coefficient (Wildman–Crippen LogP) is 4.16. The van der Waals surface area contributed by atoms with Gasteiger partial charge in [-0.15, -0.1) is 0 Å². The molecule has 0 aromatic rings. The molecule has 0 saturated carbocycles. The SMILES string of the molecule is CCCCCCCCCC(O)(COC)C(C)C. The van der Waals surface area contributed by atoms with E-state index >= 15 is 0 Å². The summed E-state index contributed by atoms with van der Waals surface area (Å²) in [6.45, 7) is 6.84. The molecule has 0 radical (unpaired) electrons. The summed E-state index contributed by atoms with van der Waals surface area (Å²) in [5.74, 6) is 0.266. The van der Waals surface area contributed by atoms with Gasteiger partial charge in [0.2, 0.25) is 0 Å². The largest absolute Gasteiger partial charge is 0.387 e. The van der Waals surface area contributed by atoms with Gasteiger partial charge in [0, 0.05) is 7.11 Å². The normalized spacial score (nSPS) is 15.2. The molecular weight excluding hydrogens is 212 g/mol. The molecule has 1 unspecified atom stereocenters. The van der Waals surface area contributed by atoms with Crippen molar-refractivity contribution in [2.24, 2.45) is 5.92 Å². The summed E-state index contributed by atoms with van der Waals surface area (Å²) in [6.07, 6.45) is 9.90. The van der Waals surface area contributed by atoms with Crippen LogP contribution in [0.25, 0.3) is 0 Å². The number of hydrogen-bond donors (Lipinski definition) is 1. The molecule has 0 aliphatic heterocycles. The van der Waals surface area contributed by atoms with Gasteiger partial charge in [0.15, 0.2) is 0 Å². The summed E-state index contributed by atoms with van der Waals surface area (Å²) >= 11 is 0. The van der Waals surface area contributed by atoms with Crippen LogP contribution in [0.15, 0.2) is 0 Å². The average molecular weight is 244 g/mol. The van der Waals surface area contributed by atoms with Gasteiger partial charge in [-0.2, -0.15) is 0 Å². The zero-order valence-electron chi connectivity index (χ0n) is 12.3. The third kappa shape index (κ3) is 7.77. The first-order valence-electron chi connectivity index (χ1n) is 7.28. The minimum atomic E-state index is -0.627. The van der Waals surface area contributed by atoms with Gasteiger partial charge >= 0.3 is 0 Å². The van der Waals surface area contributed by atoms with Crippen molar-refractivity contribution in [1.29, 1.82) is 0 Å². The first kappa shape index (κ1) is 16.9. The summed E-state index contributed by atoms with van der Waals surface area (Å²) in [5.41, 5.74) is -0.627. The van der Waals surface area contributed by atoms with E-state index in [4.69, 9.17) is 4.74 Å². The van der Waals surface area contributed by atoms with Crippen molar-refractivity contribution in [3.63, 3.8) is 0 Å². The Morgan fingerprint density at radius 3 is 2.00 bits per heavy atom. The first-order valence-corrected chi connectivity index (χ1v) is 7.28. The summed E-state index contributed by atoms with van der Waals surface area (Å²) < 4.78 is 5.13. The summed E-state index contributed by atoms with van der Waals surface area (Å²) in [6, 6.07) is 0. The van der Waals surface area contributed by atoms with Crippen molar-refractivity contribution >= 4 is 0 Å². The molecule has 0 aromatic carbocycles. The number of hydrogen-bond acceptors (Lipinski definition) is 2. The van der Waals surface area contributed by atoms with E-state index in [-0.39, 0.29) is 5.92 Å². The molecule has 0 amide bonds. The van der Waals surface area contributed by atoms with Gasteiger partial charge in [-0.05, 0) is 12.3 Å². The molecule has 0 bridgehead atoms. The van der Waals surface area contributed by atoms with Gasteiger partial charge in [-0.1, -0.05) is 65.7 Å². The third-order valence-electron chi connectivity index (χ3n) is 3.68. The van der Waals surface area contributed by atoms with Gasteiger partial charge in [0.1, 0.15) is 0 Å². The van der Waals surface area contributed by atoms with Crippen molar-refractivity contribution in [2.75, 3.05) is 13.7 Å². The maximum atomic E-state index is 10.4. The number of aliphatic hydroxyl groups is 1. The Labute approximate surface area is 108 Å². The number of unbranched alkanes of at least 4 members (excludes halogenated alkanes) is 6. The Morgan fingerprint density at radius 2 is 1.53 bits per heavy atom. The Morgan fingerprint density at radius 1 is 1.00 bits per heavy atom. The monoisotopic (exact) mass is 244 g/mol. The zero-order valence-corrected chi connectivity index (χ0v) is 12.3. The maximum absolute atomic E-state index is 10.4. The molecule has 0 aliphatic rings. The molecular formula is C15H32O2. The van der Waals surface area contributed by atoms with E-state index in [0.717, 1.165) is 12.8 Å². The minimum absolute atomic E-state index is 0.266. The van der Waals surface area contributed by atoms with Crippen molar-refractivity contribution in [3.05, 3.63) is 0 Å². The van der Waals surface area contributed by atoms with E-state index in [9.17, 15) is 5.11 Å². The lowest BCUT2D eigenvalue weighted by atomic mass is 9.86. The van der Waals surface area contributed by atoms with Crippen LogP contribution in [0.3, 0.4) is 0 Å². The second kappa shape index (κ2) is 9.90. The first-order chi connectivity index (χ1) is 8.06. The highest BCUT2D eigenvalue weighted by atomic mass is 16.5. The van der Waals surface area contributed by atoms with E-state index < -0.39 is 5.60 Å². The molecule has 0 aliphatic carbocycles. The van der Waals surface area contributed by atoms with Gasteiger partial charge in [-0.3, -0.25) is 0 Å². The average Bonchev–Trinajstić information content (AvgIpc) is 2.28. The second-order valence-electron chi connectivity index (χ2n) is 5.56. The number of rotatable bonds is 11. The van der Waals surface area contributed by atoms with Crippen molar-refractivity contribution in [2.45, 2.75) is 77.7 Å². The smallest absolute Gasteiger partial charge is 0.0902 e. The molecule has 1 atom stereocenters. The van der Waals surface area contributed by atoms with E-state index in [1.54, 1.807) is 7.11 Å². The van der Waals surface area contributed by atoms with Crippen LogP contribution in [0.1, 0.15) is 72.1 Å². The second-order valence-corrected chi connectivity index (χ2v) is 5.56. The summed E-state index contributed by atoms with van der Waals surface area (Å²) in [4.78, 5) is 0. The molecule has 17 heavy (non-hydrogen) atoms. The highest BCUT2D eigenvalue weighted by Gasteiger charge is 2.30. The topological polar surface area (TPSA) is 29.5 Å². The van der Waals surface area contributed by atoms with Gasteiger partial charge in [0.25, 0.3) is 0 Å². The molecule has 0 heterocycles. The molecule has 0 spiro atoms. The Balaban J connectivity index is 3.62. The van der Waals surface area contributed by atoms with Crippen molar-refractivity contribution in [3.8, 4) is 0 Å². The fraction of sp³-hybridized carbons (Fsp3) is 1.00. The van der Waals surface area contributed by atoms with Crippen molar-refractivity contribution < 1.29 is 9.84 Å². The van der Waals surface area contributed by atoms with Gasteiger partial charge < -0.3 is 9.84 Å². The summed E-state index contributed by atoms with van der Waals surface area (Å²) in [5, 5.41) is 10.4. The van der Waals surface area contributed by atoms with E-state index in [0.29, 0.717) is 6.61 Å². The predicted molar refractivity (Wildman–Crippen MR) is 74.3 cm³/mol. The molecule has 0 rings (SSSR count). The lowest BCUT2D eigenvalue weighted by Gasteiger charge is -2.31. The van der Waals surface area contributed by atoms with E-state index in [2.05, 4.69) is 20.8 Å². The van der Waals surface area contributed by atoms with Crippen LogP contribution >= 0.6 is 0 Å². The standard InChI is InChI=1S/C15H32O2/c1-5-6-7-8-9-10-11-12-15(16,13-17-4)14(2)3/h14,16H,5-13H2,1-4H3. The number of methoxy groups -OCH3 is 1. The quantitative estimate of drug-likeness (QED) is 0.553. The highest BCUT2D eigenvalue weighted by Crippen LogP contribution is 2.24. The van der Waals surface area contributed by atoms with Crippen LogP contribution in [-0.2, 0) is 4.74 Å². The molecule has 0 saturated heterocycles. The van der Waals surface area contributed by atoms with Crippen molar-refractivity contribution in [1.82, 2.24) is 0 Å². The summed E-state index contributed by atoms with van der Waals surface area (Å²) in [7, 11) is 1.66. The van der Waals surface area contributed by atoms with Crippen LogP contribution in [0.2, 0.25) is 0 Å². The Bertz CT molecular complexity index is 168. The number of ether oxygens (including phenoxy) is 1. The Hall–Kier alpha value is -0.0800. The minimum Gasteiger partial charge on any atom is -0.387 e. The molecule has 2 nitrogen and oxygen atoms in total. The van der Waals surface area contributed by atoms with Crippen LogP contribution in [-0.4, -0.2) is 24.4 Å². The maximum Gasteiger partial charge on any atom is 0.0902 e. The third-order valence-corrected chi connectivity index (χ3v) is 3.68. The van der Waals surface area contributed by atoms with E-state index in [1.165, 1.54) is 38.5 Å². The van der Waals surface area contributed by atoms with Crippen LogP contribution in [0, 0.1) is 5.92 Å². The van der Waals surface area contributed by atoms with Gasteiger partial charge in [-0.25, -0.2) is 0 Å². The molecule has 0 aromatic heterocycles. The molecule has 1 N–H and O–H groups in total. The van der Waals surface area contributed by atoms with Crippen LogP contribution < -0.4 is 0 Å². The molecule has 2 heteroatoms. The Kier molecular flexibility index (Phi) is 9.85. The van der Waals surface area contributed by atoms with Crippen LogP contribution in [0.4, 0.5) is 0 Å². The zero-order chi connectivity index (χ0) is 13.1. The lowest BCUT2D eigenvalue weighted by Crippen LogP contribution is -2.39.